The van der Waals surface area contributed by atoms with Crippen molar-refractivity contribution in [2.45, 2.75) is 25.8 Å². The molecule has 0 aliphatic carbocycles. The van der Waals surface area contributed by atoms with Crippen LogP contribution in [0.3, 0.4) is 0 Å². The Morgan fingerprint density at radius 2 is 1.83 bits per heavy atom. The number of anilines is 1. The van der Waals surface area contributed by atoms with Crippen LogP contribution >= 0.6 is 0 Å². The quantitative estimate of drug-likeness (QED) is 0.581. The van der Waals surface area contributed by atoms with Crippen molar-refractivity contribution in [1.82, 2.24) is 5.32 Å². The van der Waals surface area contributed by atoms with Crippen LogP contribution in [-0.4, -0.2) is 36.5 Å². The first-order chi connectivity index (χ1) is 14.0. The first kappa shape index (κ1) is 20.3. The second kappa shape index (κ2) is 8.73. The first-order valence-electron chi connectivity index (χ1n) is 9.54. The summed E-state index contributed by atoms with van der Waals surface area (Å²) in [4.78, 5) is 38.8. The molecule has 1 aliphatic heterocycles. The van der Waals surface area contributed by atoms with E-state index >= 15 is 0 Å². The van der Waals surface area contributed by atoms with Crippen molar-refractivity contribution in [3.8, 4) is 0 Å². The van der Waals surface area contributed by atoms with Gasteiger partial charge in [-0.25, -0.2) is 0 Å². The highest BCUT2D eigenvalue weighted by molar-refractivity contribution is 6.15. The van der Waals surface area contributed by atoms with Crippen molar-refractivity contribution in [1.29, 1.82) is 0 Å². The van der Waals surface area contributed by atoms with E-state index in [1.807, 2.05) is 67.6 Å². The number of nitrogens with one attached hydrogen (secondary N) is 1. The third-order valence-electron chi connectivity index (χ3n) is 4.80. The van der Waals surface area contributed by atoms with Gasteiger partial charge in [0, 0.05) is 5.69 Å². The average molecular weight is 392 g/mol. The fourth-order valence-electron chi connectivity index (χ4n) is 3.29. The maximum atomic E-state index is 13.1. The number of hydrogen-bond acceptors (Lipinski definition) is 4. The van der Waals surface area contributed by atoms with Gasteiger partial charge < -0.3 is 10.1 Å². The van der Waals surface area contributed by atoms with Crippen LogP contribution in [0.1, 0.15) is 24.5 Å². The number of hydrogen-bond donors (Lipinski definition) is 1. The Morgan fingerprint density at radius 3 is 2.45 bits per heavy atom. The number of esters is 1. The molecule has 2 aromatic carbocycles. The van der Waals surface area contributed by atoms with Gasteiger partial charge in [-0.15, -0.1) is 0 Å². The molecule has 1 aliphatic rings. The molecule has 2 amide bonds. The van der Waals surface area contributed by atoms with E-state index in [0.29, 0.717) is 5.69 Å². The third-order valence-corrected chi connectivity index (χ3v) is 4.80. The number of amides is 2. The Kier molecular flexibility index (Phi) is 6.12. The molecule has 150 valence electrons. The lowest BCUT2D eigenvalue weighted by Gasteiger charge is -2.48. The van der Waals surface area contributed by atoms with Crippen LogP contribution in [0.25, 0.3) is 6.08 Å². The molecule has 1 fully saturated rings. The maximum Gasteiger partial charge on any atom is 0.325 e. The van der Waals surface area contributed by atoms with Gasteiger partial charge >= 0.3 is 5.97 Å². The Balaban J connectivity index is 1.91. The minimum absolute atomic E-state index is 0.0267. The number of benzene rings is 2. The van der Waals surface area contributed by atoms with Crippen molar-refractivity contribution in [3.05, 3.63) is 71.8 Å². The predicted octanol–water partition coefficient (Wildman–Crippen LogP) is 2.86. The van der Waals surface area contributed by atoms with E-state index in [2.05, 4.69) is 5.32 Å². The summed E-state index contributed by atoms with van der Waals surface area (Å²) in [5, 5.41) is 2.62. The number of rotatable bonds is 7. The molecule has 29 heavy (non-hydrogen) atoms. The zero-order valence-electron chi connectivity index (χ0n) is 16.6. The molecule has 2 aromatic rings. The zero-order chi connectivity index (χ0) is 20.9. The van der Waals surface area contributed by atoms with E-state index in [0.717, 1.165) is 11.1 Å². The molecule has 6 heteroatoms. The Bertz CT molecular complexity index is 922. The van der Waals surface area contributed by atoms with E-state index in [1.54, 1.807) is 13.0 Å². The van der Waals surface area contributed by atoms with Gasteiger partial charge in [0.25, 0.3) is 5.91 Å². The number of carbonyl (C=O) groups excluding carboxylic acids is 3. The molecule has 0 aromatic heterocycles. The summed E-state index contributed by atoms with van der Waals surface area (Å²) in [6.07, 6.45) is 3.57. The highest BCUT2D eigenvalue weighted by atomic mass is 16.5. The molecule has 1 N–H and O–H groups in total. The number of nitrogens with zero attached hydrogens (tertiary/aromatic N) is 1. The Hall–Kier alpha value is -3.41. The Labute approximate surface area is 170 Å². The molecule has 1 atom stereocenters. The topological polar surface area (TPSA) is 75.7 Å². The summed E-state index contributed by atoms with van der Waals surface area (Å²) in [5.41, 5.74) is 1.40. The minimum atomic E-state index is -1.20. The smallest absolute Gasteiger partial charge is 0.325 e. The van der Waals surface area contributed by atoms with Gasteiger partial charge in [-0.2, -0.15) is 0 Å². The van der Waals surface area contributed by atoms with E-state index in [9.17, 15) is 14.4 Å². The van der Waals surface area contributed by atoms with Crippen LogP contribution in [0, 0.1) is 6.92 Å². The molecule has 0 saturated carbocycles. The molecular weight excluding hydrogens is 368 g/mol. The molecule has 0 radical (unpaired) electrons. The second-order valence-electron chi connectivity index (χ2n) is 6.90. The number of aryl methyl sites for hydroxylation is 1. The summed E-state index contributed by atoms with van der Waals surface area (Å²) < 4.78 is 4.88. The van der Waals surface area contributed by atoms with Crippen LogP contribution < -0.4 is 10.2 Å². The maximum absolute atomic E-state index is 13.1. The fourth-order valence-corrected chi connectivity index (χ4v) is 3.29. The van der Waals surface area contributed by atoms with Crippen molar-refractivity contribution in [3.63, 3.8) is 0 Å². The average Bonchev–Trinajstić information content (AvgIpc) is 2.71. The fraction of sp³-hybridized carbons (Fsp3) is 0.261. The molecule has 6 nitrogen and oxygen atoms in total. The Morgan fingerprint density at radius 1 is 1.14 bits per heavy atom. The lowest BCUT2D eigenvalue weighted by molar-refractivity contribution is -0.144. The monoisotopic (exact) mass is 392 g/mol. The van der Waals surface area contributed by atoms with Gasteiger partial charge in [0.1, 0.15) is 6.54 Å². The van der Waals surface area contributed by atoms with Gasteiger partial charge in [0.15, 0.2) is 5.54 Å². The minimum Gasteiger partial charge on any atom is -0.465 e. The van der Waals surface area contributed by atoms with Crippen LogP contribution in [0.2, 0.25) is 0 Å². The summed E-state index contributed by atoms with van der Waals surface area (Å²) in [6, 6.07) is 17.0. The van der Waals surface area contributed by atoms with Crippen molar-refractivity contribution < 1.29 is 19.1 Å². The van der Waals surface area contributed by atoms with E-state index in [-0.39, 0.29) is 25.5 Å². The van der Waals surface area contributed by atoms with Gasteiger partial charge in [-0.05, 0) is 37.6 Å². The highest BCUT2D eigenvalue weighted by Gasteiger charge is 2.55. The lowest BCUT2D eigenvalue weighted by Crippen LogP contribution is -2.70. The standard InChI is InChI=1S/C23H24N2O4/c1-3-29-21(27)16-24-22(28)23(14-13-18-7-5-4-6-8-18)15-20(26)25(23)19-11-9-17(2)10-12-19/h4-14H,3,15-16H2,1-2H3,(H,24,28)/b14-13+/t23-/m1/s1. The van der Waals surface area contributed by atoms with E-state index < -0.39 is 17.4 Å². The SMILES string of the molecule is CCOC(=O)CNC(=O)[C@@]1(/C=C/c2ccccc2)CC(=O)N1c1ccc(C)cc1. The molecule has 1 heterocycles. The molecule has 3 rings (SSSR count). The molecule has 1 saturated heterocycles. The van der Waals surface area contributed by atoms with Gasteiger partial charge in [0.05, 0.1) is 13.0 Å². The molecule has 0 bridgehead atoms. The molecule has 0 unspecified atom stereocenters. The van der Waals surface area contributed by atoms with Crippen molar-refractivity contribution >= 4 is 29.5 Å². The van der Waals surface area contributed by atoms with Gasteiger partial charge in [-0.3, -0.25) is 19.3 Å². The normalized spacial score (nSPS) is 18.4. The largest absolute Gasteiger partial charge is 0.465 e. The summed E-state index contributed by atoms with van der Waals surface area (Å²) in [6.45, 7) is 3.65. The third kappa shape index (κ3) is 4.37. The summed E-state index contributed by atoms with van der Waals surface area (Å²) in [7, 11) is 0. The number of carbonyl (C=O) groups is 3. The zero-order valence-corrected chi connectivity index (χ0v) is 16.6. The molecule has 0 spiro atoms. The van der Waals surface area contributed by atoms with E-state index in [1.165, 1.54) is 4.90 Å². The first-order valence-corrected chi connectivity index (χ1v) is 9.54. The van der Waals surface area contributed by atoms with Crippen LogP contribution in [0.15, 0.2) is 60.7 Å². The highest BCUT2D eigenvalue weighted by Crippen LogP contribution is 2.39. The summed E-state index contributed by atoms with van der Waals surface area (Å²) in [5.74, 6) is -1.09. The van der Waals surface area contributed by atoms with E-state index in [4.69, 9.17) is 4.74 Å². The van der Waals surface area contributed by atoms with Gasteiger partial charge in [0.2, 0.25) is 5.91 Å². The lowest BCUT2D eigenvalue weighted by atomic mass is 9.81. The van der Waals surface area contributed by atoms with Crippen LogP contribution in [0.5, 0.6) is 0 Å². The second-order valence-corrected chi connectivity index (χ2v) is 6.90. The van der Waals surface area contributed by atoms with Crippen molar-refractivity contribution in [2.75, 3.05) is 18.1 Å². The van der Waals surface area contributed by atoms with Gasteiger partial charge in [-0.1, -0.05) is 54.1 Å². The summed E-state index contributed by atoms with van der Waals surface area (Å²) >= 11 is 0. The number of β-lactam (4-membered cyclic amide) rings is 1. The molecular formula is C23H24N2O4. The predicted molar refractivity (Wildman–Crippen MR) is 111 cm³/mol. The number of ether oxygens (including phenoxy) is 1. The van der Waals surface area contributed by atoms with Crippen molar-refractivity contribution in [2.24, 2.45) is 0 Å². The van der Waals surface area contributed by atoms with Crippen LogP contribution in [-0.2, 0) is 19.1 Å². The van der Waals surface area contributed by atoms with Crippen LogP contribution in [0.4, 0.5) is 5.69 Å².